The van der Waals surface area contributed by atoms with Crippen molar-refractivity contribution in [2.75, 3.05) is 25.5 Å². The minimum atomic E-state index is -0.901. The van der Waals surface area contributed by atoms with Crippen LogP contribution in [0.3, 0.4) is 0 Å². The van der Waals surface area contributed by atoms with E-state index in [4.69, 9.17) is 5.11 Å². The van der Waals surface area contributed by atoms with E-state index in [0.29, 0.717) is 0 Å². The molecule has 0 bridgehead atoms. The van der Waals surface area contributed by atoms with Gasteiger partial charge < -0.3 is 15.3 Å². The van der Waals surface area contributed by atoms with Gasteiger partial charge in [0.05, 0.1) is 13.0 Å². The predicted molar refractivity (Wildman–Crippen MR) is 74.3 cm³/mol. The van der Waals surface area contributed by atoms with Crippen LogP contribution in [0, 0.1) is 13.8 Å². The topological polar surface area (TPSA) is 69.6 Å². The van der Waals surface area contributed by atoms with Gasteiger partial charge in [0.25, 0.3) is 0 Å². The summed E-state index contributed by atoms with van der Waals surface area (Å²) in [5.41, 5.74) is 3.13. The molecule has 5 nitrogen and oxygen atoms in total. The van der Waals surface area contributed by atoms with E-state index in [0.717, 1.165) is 16.8 Å². The second-order valence-corrected chi connectivity index (χ2v) is 4.58. The summed E-state index contributed by atoms with van der Waals surface area (Å²) in [6.45, 7) is 4.35. The van der Waals surface area contributed by atoms with E-state index in [-0.39, 0.29) is 25.4 Å². The van der Waals surface area contributed by atoms with E-state index in [1.54, 1.807) is 7.05 Å². The van der Waals surface area contributed by atoms with Crippen LogP contribution in [-0.4, -0.2) is 42.0 Å². The Kier molecular flexibility index (Phi) is 5.36. The zero-order valence-electron chi connectivity index (χ0n) is 11.6. The van der Waals surface area contributed by atoms with Crippen molar-refractivity contribution in [1.29, 1.82) is 0 Å². The predicted octanol–water partition coefficient (Wildman–Crippen LogP) is 1.65. The number of carbonyl (C=O) groups is 2. The minimum absolute atomic E-state index is 0.0361. The van der Waals surface area contributed by atoms with Crippen LogP contribution in [0.15, 0.2) is 18.2 Å². The highest BCUT2D eigenvalue weighted by atomic mass is 16.4. The number of para-hydroxylation sites is 1. The maximum atomic E-state index is 11.8. The Balaban J connectivity index is 2.52. The summed E-state index contributed by atoms with van der Waals surface area (Å²) >= 11 is 0. The summed E-state index contributed by atoms with van der Waals surface area (Å²) in [7, 11) is 1.61. The molecule has 0 saturated heterocycles. The number of anilines is 1. The third kappa shape index (κ3) is 4.62. The molecule has 0 aromatic heterocycles. The first-order valence-electron chi connectivity index (χ1n) is 6.17. The fourth-order valence-corrected chi connectivity index (χ4v) is 1.78. The number of rotatable bonds is 6. The number of nitrogens with one attached hydrogen (secondary N) is 1. The summed E-state index contributed by atoms with van der Waals surface area (Å²) < 4.78 is 0. The van der Waals surface area contributed by atoms with Gasteiger partial charge in [0, 0.05) is 19.3 Å². The molecule has 1 aromatic rings. The Hall–Kier alpha value is -2.04. The number of carboxylic acid groups (broad SMARTS) is 1. The van der Waals surface area contributed by atoms with Crippen molar-refractivity contribution >= 4 is 17.6 Å². The standard InChI is InChI=1S/C14H20N2O3/c1-10-5-4-6-11(2)14(10)15-9-12(17)16(3)8-7-13(18)19/h4-6,15H,7-9H2,1-3H3,(H,18,19). The molecule has 104 valence electrons. The zero-order valence-corrected chi connectivity index (χ0v) is 11.6. The lowest BCUT2D eigenvalue weighted by atomic mass is 10.1. The molecule has 0 fully saturated rings. The van der Waals surface area contributed by atoms with Crippen LogP contribution in [0.5, 0.6) is 0 Å². The Bertz CT molecular complexity index is 452. The molecule has 1 aromatic carbocycles. The van der Waals surface area contributed by atoms with E-state index in [9.17, 15) is 9.59 Å². The van der Waals surface area contributed by atoms with Crippen LogP contribution in [0.1, 0.15) is 17.5 Å². The van der Waals surface area contributed by atoms with Gasteiger partial charge in [-0.1, -0.05) is 18.2 Å². The number of hydrogen-bond acceptors (Lipinski definition) is 3. The Labute approximate surface area is 113 Å². The van der Waals surface area contributed by atoms with Crippen molar-refractivity contribution in [3.63, 3.8) is 0 Å². The van der Waals surface area contributed by atoms with Crippen molar-refractivity contribution in [2.45, 2.75) is 20.3 Å². The summed E-state index contributed by atoms with van der Waals surface area (Å²) in [4.78, 5) is 23.7. The normalized spacial score (nSPS) is 10.1. The SMILES string of the molecule is Cc1cccc(C)c1NCC(=O)N(C)CCC(=O)O. The molecule has 0 aliphatic rings. The molecule has 1 amide bonds. The summed E-state index contributed by atoms with van der Waals surface area (Å²) in [5.74, 6) is -1.02. The summed E-state index contributed by atoms with van der Waals surface area (Å²) in [6.07, 6.45) is -0.0361. The number of carbonyl (C=O) groups excluding carboxylic acids is 1. The van der Waals surface area contributed by atoms with Crippen LogP contribution in [0.2, 0.25) is 0 Å². The van der Waals surface area contributed by atoms with Crippen molar-refractivity contribution in [2.24, 2.45) is 0 Å². The first-order valence-corrected chi connectivity index (χ1v) is 6.17. The van der Waals surface area contributed by atoms with Crippen LogP contribution in [0.25, 0.3) is 0 Å². The first kappa shape index (κ1) is 15.0. The van der Waals surface area contributed by atoms with Crippen LogP contribution < -0.4 is 5.32 Å². The molecule has 0 radical (unpaired) electrons. The fraction of sp³-hybridized carbons (Fsp3) is 0.429. The second-order valence-electron chi connectivity index (χ2n) is 4.58. The largest absolute Gasteiger partial charge is 0.481 e. The van der Waals surface area contributed by atoms with Gasteiger partial charge in [0.1, 0.15) is 0 Å². The van der Waals surface area contributed by atoms with Gasteiger partial charge in [-0.15, -0.1) is 0 Å². The number of aliphatic carboxylic acids is 1. The van der Waals surface area contributed by atoms with E-state index in [1.165, 1.54) is 4.90 Å². The van der Waals surface area contributed by atoms with Gasteiger partial charge in [0.2, 0.25) is 5.91 Å². The number of aryl methyl sites for hydroxylation is 2. The van der Waals surface area contributed by atoms with Crippen molar-refractivity contribution in [3.8, 4) is 0 Å². The first-order chi connectivity index (χ1) is 8.91. The quantitative estimate of drug-likeness (QED) is 0.819. The molecule has 0 aliphatic heterocycles. The minimum Gasteiger partial charge on any atom is -0.481 e. The van der Waals surface area contributed by atoms with E-state index < -0.39 is 5.97 Å². The average Bonchev–Trinajstić information content (AvgIpc) is 2.35. The molecular formula is C14H20N2O3. The molecule has 0 saturated carbocycles. The maximum Gasteiger partial charge on any atom is 0.305 e. The molecule has 0 spiro atoms. The molecule has 19 heavy (non-hydrogen) atoms. The molecular weight excluding hydrogens is 244 g/mol. The zero-order chi connectivity index (χ0) is 14.4. The van der Waals surface area contributed by atoms with Gasteiger partial charge >= 0.3 is 5.97 Å². The lowest BCUT2D eigenvalue weighted by Gasteiger charge is -2.18. The van der Waals surface area contributed by atoms with Gasteiger partial charge in [0.15, 0.2) is 0 Å². The van der Waals surface area contributed by atoms with Crippen LogP contribution in [0.4, 0.5) is 5.69 Å². The number of hydrogen-bond donors (Lipinski definition) is 2. The molecule has 1 rings (SSSR count). The number of carboxylic acids is 1. The van der Waals surface area contributed by atoms with Crippen molar-refractivity contribution < 1.29 is 14.7 Å². The Morgan fingerprint density at radius 3 is 2.37 bits per heavy atom. The molecule has 0 aliphatic carbocycles. The monoisotopic (exact) mass is 264 g/mol. The van der Waals surface area contributed by atoms with Crippen LogP contribution in [-0.2, 0) is 9.59 Å². The summed E-state index contributed by atoms with van der Waals surface area (Å²) in [5, 5.41) is 11.7. The molecule has 0 atom stereocenters. The smallest absolute Gasteiger partial charge is 0.305 e. The molecule has 0 heterocycles. The number of benzene rings is 1. The Morgan fingerprint density at radius 2 is 1.84 bits per heavy atom. The van der Waals surface area contributed by atoms with E-state index in [1.807, 2.05) is 32.0 Å². The Morgan fingerprint density at radius 1 is 1.26 bits per heavy atom. The highest BCUT2D eigenvalue weighted by Gasteiger charge is 2.11. The van der Waals surface area contributed by atoms with Gasteiger partial charge in [-0.3, -0.25) is 9.59 Å². The highest BCUT2D eigenvalue weighted by molar-refractivity contribution is 5.81. The van der Waals surface area contributed by atoms with Gasteiger partial charge in [-0.25, -0.2) is 0 Å². The molecule has 5 heteroatoms. The molecule has 2 N–H and O–H groups in total. The third-order valence-corrected chi connectivity index (χ3v) is 2.98. The van der Waals surface area contributed by atoms with Crippen molar-refractivity contribution in [3.05, 3.63) is 29.3 Å². The van der Waals surface area contributed by atoms with Gasteiger partial charge in [-0.05, 0) is 25.0 Å². The summed E-state index contributed by atoms with van der Waals surface area (Å²) in [6, 6.07) is 5.93. The van der Waals surface area contributed by atoms with Gasteiger partial charge in [-0.2, -0.15) is 0 Å². The van der Waals surface area contributed by atoms with Crippen molar-refractivity contribution in [1.82, 2.24) is 4.90 Å². The van der Waals surface area contributed by atoms with Crippen LogP contribution >= 0.6 is 0 Å². The number of likely N-dealkylation sites (N-methyl/N-ethyl adjacent to an activating group) is 1. The average molecular weight is 264 g/mol. The lowest BCUT2D eigenvalue weighted by molar-refractivity contribution is -0.138. The fourth-order valence-electron chi connectivity index (χ4n) is 1.78. The third-order valence-electron chi connectivity index (χ3n) is 2.98. The number of amides is 1. The van der Waals surface area contributed by atoms with E-state index in [2.05, 4.69) is 5.32 Å². The highest BCUT2D eigenvalue weighted by Crippen LogP contribution is 2.18. The molecule has 0 unspecified atom stereocenters. The van der Waals surface area contributed by atoms with E-state index >= 15 is 0 Å². The second kappa shape index (κ2) is 6.78. The maximum absolute atomic E-state index is 11.8. The number of nitrogens with zero attached hydrogens (tertiary/aromatic N) is 1. The lowest BCUT2D eigenvalue weighted by Crippen LogP contribution is -2.34.